The Morgan fingerprint density at radius 3 is 2.50 bits per heavy atom. The van der Waals surface area contributed by atoms with Crippen molar-refractivity contribution in [2.24, 2.45) is 0 Å². The Balaban J connectivity index is 1.58. The van der Waals surface area contributed by atoms with Crippen molar-refractivity contribution in [3.8, 4) is 11.3 Å². The van der Waals surface area contributed by atoms with E-state index in [1.165, 1.54) is 4.90 Å². The van der Waals surface area contributed by atoms with E-state index in [0.29, 0.717) is 29.4 Å². The third-order valence-corrected chi connectivity index (χ3v) is 4.04. The third kappa shape index (κ3) is 4.76. The Morgan fingerprint density at radius 2 is 1.82 bits per heavy atom. The standard InChI is InChI=1S/C21H21N3O4/c1-3-27-21(26)24(2)18-11-9-16(10-12-18)22-20(25)14-17-13-19(28-23-17)15-7-5-4-6-8-15/h4-13H,3,14H2,1-2H3,(H,22,25). The number of carbonyl (C=O) groups excluding carboxylic acids is 2. The van der Waals surface area contributed by atoms with Crippen LogP contribution in [0.4, 0.5) is 16.2 Å². The van der Waals surface area contributed by atoms with Crippen molar-refractivity contribution >= 4 is 23.4 Å². The highest BCUT2D eigenvalue weighted by atomic mass is 16.6. The molecule has 7 heteroatoms. The van der Waals surface area contributed by atoms with Crippen LogP contribution in [0.2, 0.25) is 0 Å². The number of aromatic nitrogens is 1. The fraction of sp³-hybridized carbons (Fsp3) is 0.190. The second kappa shape index (κ2) is 8.85. The molecule has 2 aromatic carbocycles. The van der Waals surface area contributed by atoms with Gasteiger partial charge in [-0.1, -0.05) is 35.5 Å². The summed E-state index contributed by atoms with van der Waals surface area (Å²) < 4.78 is 10.3. The van der Waals surface area contributed by atoms with Gasteiger partial charge >= 0.3 is 6.09 Å². The molecule has 1 N–H and O–H groups in total. The number of amides is 2. The van der Waals surface area contributed by atoms with Gasteiger partial charge in [-0.3, -0.25) is 9.69 Å². The SMILES string of the molecule is CCOC(=O)N(C)c1ccc(NC(=O)Cc2cc(-c3ccccc3)on2)cc1. The van der Waals surface area contributed by atoms with Crippen LogP contribution in [0, 0.1) is 0 Å². The number of hydrogen-bond donors (Lipinski definition) is 1. The minimum absolute atomic E-state index is 0.0980. The Bertz CT molecular complexity index is 936. The molecule has 0 unspecified atom stereocenters. The predicted molar refractivity (Wildman–Crippen MR) is 106 cm³/mol. The van der Waals surface area contributed by atoms with Gasteiger partial charge in [0.1, 0.15) is 0 Å². The summed E-state index contributed by atoms with van der Waals surface area (Å²) in [6.07, 6.45) is -0.333. The first kappa shape index (κ1) is 19.2. The Labute approximate surface area is 162 Å². The fourth-order valence-corrected chi connectivity index (χ4v) is 2.60. The highest BCUT2D eigenvalue weighted by molar-refractivity contribution is 5.93. The van der Waals surface area contributed by atoms with E-state index in [0.717, 1.165) is 5.56 Å². The highest BCUT2D eigenvalue weighted by Crippen LogP contribution is 2.21. The maximum absolute atomic E-state index is 12.3. The average molecular weight is 379 g/mol. The van der Waals surface area contributed by atoms with E-state index in [4.69, 9.17) is 9.26 Å². The molecule has 0 saturated carbocycles. The zero-order chi connectivity index (χ0) is 19.9. The van der Waals surface area contributed by atoms with E-state index >= 15 is 0 Å². The van der Waals surface area contributed by atoms with Crippen molar-refractivity contribution in [3.63, 3.8) is 0 Å². The molecular formula is C21H21N3O4. The molecule has 2 amide bonds. The van der Waals surface area contributed by atoms with Crippen molar-refractivity contribution in [1.82, 2.24) is 5.16 Å². The topological polar surface area (TPSA) is 84.7 Å². The van der Waals surface area contributed by atoms with Crippen molar-refractivity contribution < 1.29 is 18.8 Å². The van der Waals surface area contributed by atoms with E-state index < -0.39 is 6.09 Å². The van der Waals surface area contributed by atoms with Crippen LogP contribution in [0.5, 0.6) is 0 Å². The van der Waals surface area contributed by atoms with E-state index in [1.54, 1.807) is 44.3 Å². The summed E-state index contributed by atoms with van der Waals surface area (Å²) in [4.78, 5) is 25.4. The van der Waals surface area contributed by atoms with Crippen LogP contribution in [0.3, 0.4) is 0 Å². The summed E-state index contributed by atoms with van der Waals surface area (Å²) in [5, 5.41) is 6.76. The average Bonchev–Trinajstić information content (AvgIpc) is 3.17. The number of nitrogens with zero attached hydrogens (tertiary/aromatic N) is 2. The lowest BCUT2D eigenvalue weighted by atomic mass is 10.1. The Hall–Kier alpha value is -3.61. The minimum Gasteiger partial charge on any atom is -0.449 e. The van der Waals surface area contributed by atoms with E-state index in [-0.39, 0.29) is 12.3 Å². The van der Waals surface area contributed by atoms with Crippen molar-refractivity contribution in [3.05, 3.63) is 66.4 Å². The summed E-state index contributed by atoms with van der Waals surface area (Å²) in [5.41, 5.74) is 2.75. The van der Waals surface area contributed by atoms with E-state index in [2.05, 4.69) is 10.5 Å². The van der Waals surface area contributed by atoms with Crippen LogP contribution in [0.15, 0.2) is 65.2 Å². The first-order valence-corrected chi connectivity index (χ1v) is 8.88. The number of carbonyl (C=O) groups is 2. The number of ether oxygens (including phenoxy) is 1. The van der Waals surface area contributed by atoms with E-state index in [1.807, 2.05) is 30.3 Å². The summed E-state index contributed by atoms with van der Waals surface area (Å²) in [6, 6.07) is 18.2. The molecule has 0 saturated heterocycles. The van der Waals surface area contributed by atoms with Gasteiger partial charge in [0.05, 0.1) is 18.7 Å². The lowest BCUT2D eigenvalue weighted by molar-refractivity contribution is -0.115. The number of rotatable bonds is 6. The van der Waals surface area contributed by atoms with Crippen LogP contribution >= 0.6 is 0 Å². The van der Waals surface area contributed by atoms with Crippen molar-refractivity contribution in [1.29, 1.82) is 0 Å². The summed E-state index contributed by atoms with van der Waals surface area (Å²) in [5.74, 6) is 0.411. The maximum atomic E-state index is 12.3. The number of nitrogens with one attached hydrogen (secondary N) is 1. The molecule has 0 atom stereocenters. The van der Waals surface area contributed by atoms with Crippen LogP contribution in [-0.2, 0) is 16.0 Å². The molecule has 28 heavy (non-hydrogen) atoms. The van der Waals surface area contributed by atoms with Crippen LogP contribution < -0.4 is 10.2 Å². The molecule has 0 fully saturated rings. The number of hydrogen-bond acceptors (Lipinski definition) is 5. The lowest BCUT2D eigenvalue weighted by Crippen LogP contribution is -2.26. The van der Waals surface area contributed by atoms with Crippen LogP contribution in [0.25, 0.3) is 11.3 Å². The van der Waals surface area contributed by atoms with Gasteiger partial charge in [-0.2, -0.15) is 0 Å². The first-order chi connectivity index (χ1) is 13.6. The van der Waals surface area contributed by atoms with Gasteiger partial charge in [0.15, 0.2) is 5.76 Å². The summed E-state index contributed by atoms with van der Waals surface area (Å²) >= 11 is 0. The summed E-state index contributed by atoms with van der Waals surface area (Å²) in [6.45, 7) is 2.06. The van der Waals surface area contributed by atoms with Gasteiger partial charge < -0.3 is 14.6 Å². The fourth-order valence-electron chi connectivity index (χ4n) is 2.60. The predicted octanol–water partition coefficient (Wildman–Crippen LogP) is 4.12. The molecule has 1 aromatic heterocycles. The number of benzene rings is 2. The minimum atomic E-state index is -0.431. The number of anilines is 2. The highest BCUT2D eigenvalue weighted by Gasteiger charge is 2.13. The van der Waals surface area contributed by atoms with Gasteiger partial charge in [-0.05, 0) is 31.2 Å². The van der Waals surface area contributed by atoms with Gasteiger partial charge in [0.25, 0.3) is 0 Å². The second-order valence-corrected chi connectivity index (χ2v) is 6.08. The second-order valence-electron chi connectivity index (χ2n) is 6.08. The van der Waals surface area contributed by atoms with Gasteiger partial charge in [-0.15, -0.1) is 0 Å². The smallest absolute Gasteiger partial charge is 0.413 e. The van der Waals surface area contributed by atoms with Crippen LogP contribution in [-0.4, -0.2) is 30.8 Å². The van der Waals surface area contributed by atoms with E-state index in [9.17, 15) is 9.59 Å². The Morgan fingerprint density at radius 1 is 1.11 bits per heavy atom. The molecule has 0 bridgehead atoms. The zero-order valence-corrected chi connectivity index (χ0v) is 15.7. The zero-order valence-electron chi connectivity index (χ0n) is 15.7. The van der Waals surface area contributed by atoms with Gasteiger partial charge in [0, 0.05) is 30.1 Å². The normalized spacial score (nSPS) is 10.4. The summed E-state index contributed by atoms with van der Waals surface area (Å²) in [7, 11) is 1.63. The molecule has 1 heterocycles. The van der Waals surface area contributed by atoms with Gasteiger partial charge in [-0.25, -0.2) is 4.79 Å². The quantitative estimate of drug-likeness (QED) is 0.696. The molecule has 0 radical (unpaired) electrons. The maximum Gasteiger partial charge on any atom is 0.413 e. The molecule has 0 aliphatic heterocycles. The molecular weight excluding hydrogens is 358 g/mol. The lowest BCUT2D eigenvalue weighted by Gasteiger charge is -2.16. The van der Waals surface area contributed by atoms with Gasteiger partial charge in [0.2, 0.25) is 5.91 Å². The molecule has 3 rings (SSSR count). The Kier molecular flexibility index (Phi) is 6.06. The van der Waals surface area contributed by atoms with Crippen molar-refractivity contribution in [2.45, 2.75) is 13.3 Å². The molecule has 0 spiro atoms. The first-order valence-electron chi connectivity index (χ1n) is 8.88. The largest absolute Gasteiger partial charge is 0.449 e. The van der Waals surface area contributed by atoms with Crippen LogP contribution in [0.1, 0.15) is 12.6 Å². The van der Waals surface area contributed by atoms with Crippen molar-refractivity contribution in [2.75, 3.05) is 23.9 Å². The molecule has 144 valence electrons. The molecule has 0 aliphatic carbocycles. The molecule has 7 nitrogen and oxygen atoms in total. The molecule has 3 aromatic rings. The third-order valence-electron chi connectivity index (χ3n) is 4.04. The monoisotopic (exact) mass is 379 g/mol. The molecule has 0 aliphatic rings.